The molecule has 0 atom stereocenters. The second-order valence-corrected chi connectivity index (χ2v) is 6.84. The number of carbonyl (C=O) groups is 1. The van der Waals surface area contributed by atoms with E-state index in [2.05, 4.69) is 15.0 Å². The summed E-state index contributed by atoms with van der Waals surface area (Å²) in [5, 5.41) is 13.5. The van der Waals surface area contributed by atoms with Gasteiger partial charge in [0.15, 0.2) is 0 Å². The number of nitrogens with zero attached hydrogens (tertiary/aromatic N) is 3. The molecule has 3 aromatic rings. The van der Waals surface area contributed by atoms with Gasteiger partial charge in [-0.25, -0.2) is 5.48 Å². The smallest absolute Gasteiger partial charge is 0.274 e. The Morgan fingerprint density at radius 2 is 2.04 bits per heavy atom. The van der Waals surface area contributed by atoms with Crippen LogP contribution in [-0.2, 0) is 19.5 Å². The molecule has 2 aromatic carbocycles. The lowest BCUT2D eigenvalue weighted by Gasteiger charge is -2.27. The highest BCUT2D eigenvalue weighted by molar-refractivity contribution is 6.30. The monoisotopic (exact) mass is 384 g/mol. The van der Waals surface area contributed by atoms with Crippen LogP contribution in [0, 0.1) is 0 Å². The first-order valence-electron chi connectivity index (χ1n) is 8.49. The van der Waals surface area contributed by atoms with Crippen LogP contribution in [0.5, 0.6) is 0 Å². The van der Waals surface area contributed by atoms with Crippen molar-refractivity contribution in [2.24, 2.45) is 0 Å². The number of hydrogen-bond donors (Lipinski definition) is 2. The van der Waals surface area contributed by atoms with Crippen molar-refractivity contribution in [3.63, 3.8) is 0 Å². The number of hydrogen-bond acceptors (Lipinski definition) is 6. The quantitative estimate of drug-likeness (QED) is 0.530. The van der Waals surface area contributed by atoms with Crippen molar-refractivity contribution in [1.82, 2.24) is 20.5 Å². The Kier molecular flexibility index (Phi) is 4.89. The summed E-state index contributed by atoms with van der Waals surface area (Å²) in [7, 11) is 0. The van der Waals surface area contributed by atoms with Crippen molar-refractivity contribution in [3.8, 4) is 11.4 Å². The Hall–Kier alpha value is -2.74. The lowest BCUT2D eigenvalue weighted by Crippen LogP contribution is -2.30. The Morgan fingerprint density at radius 3 is 2.81 bits per heavy atom. The molecule has 1 amide bonds. The molecule has 1 aliphatic heterocycles. The first-order valence-corrected chi connectivity index (χ1v) is 8.87. The molecular weight excluding hydrogens is 368 g/mol. The van der Waals surface area contributed by atoms with Crippen molar-refractivity contribution < 1.29 is 14.5 Å². The number of carbonyl (C=O) groups excluding carboxylic acids is 1. The van der Waals surface area contributed by atoms with E-state index in [9.17, 15) is 4.79 Å². The largest absolute Gasteiger partial charge is 0.338 e. The first-order chi connectivity index (χ1) is 13.1. The molecule has 1 aromatic heterocycles. The average molecular weight is 385 g/mol. The molecule has 4 rings (SSSR count). The van der Waals surface area contributed by atoms with Crippen LogP contribution in [0.1, 0.15) is 27.4 Å². The van der Waals surface area contributed by atoms with E-state index in [1.165, 1.54) is 0 Å². The van der Waals surface area contributed by atoms with Crippen LogP contribution >= 0.6 is 11.6 Å². The Morgan fingerprint density at radius 1 is 1.22 bits per heavy atom. The third-order valence-corrected chi connectivity index (χ3v) is 4.84. The molecule has 138 valence electrons. The maximum atomic E-state index is 11.5. The predicted molar refractivity (Wildman–Crippen MR) is 98.3 cm³/mol. The van der Waals surface area contributed by atoms with Crippen LogP contribution < -0.4 is 5.48 Å². The molecule has 0 saturated heterocycles. The summed E-state index contributed by atoms with van der Waals surface area (Å²) in [6, 6.07) is 12.7. The number of fused-ring (bicyclic) bond motifs is 1. The van der Waals surface area contributed by atoms with Gasteiger partial charge in [0.1, 0.15) is 0 Å². The summed E-state index contributed by atoms with van der Waals surface area (Å²) >= 11 is 5.90. The number of nitrogens with one attached hydrogen (secondary N) is 1. The van der Waals surface area contributed by atoms with Crippen LogP contribution in [0.2, 0.25) is 5.02 Å². The van der Waals surface area contributed by atoms with Gasteiger partial charge in [-0.15, -0.1) is 0 Å². The summed E-state index contributed by atoms with van der Waals surface area (Å²) in [6.07, 6.45) is 0.806. The molecule has 0 radical (unpaired) electrons. The maximum absolute atomic E-state index is 11.5. The maximum Gasteiger partial charge on any atom is 0.274 e. The molecule has 1 aliphatic rings. The Balaban J connectivity index is 1.44. The van der Waals surface area contributed by atoms with E-state index in [0.717, 1.165) is 36.2 Å². The SMILES string of the molecule is O=C(NO)c1ccc2c(c1)CCN(Cc1nc(-c3ccc(Cl)cc3)no1)C2. The normalized spacial score (nSPS) is 14.0. The fraction of sp³-hybridized carbons (Fsp3) is 0.211. The van der Waals surface area contributed by atoms with Gasteiger partial charge < -0.3 is 4.52 Å². The molecule has 0 spiro atoms. The van der Waals surface area contributed by atoms with Crippen molar-refractivity contribution in [1.29, 1.82) is 0 Å². The number of aromatic nitrogens is 2. The first kappa shape index (κ1) is 17.7. The zero-order valence-electron chi connectivity index (χ0n) is 14.4. The van der Waals surface area contributed by atoms with E-state index in [1.54, 1.807) is 23.7 Å². The van der Waals surface area contributed by atoms with Crippen LogP contribution in [0.4, 0.5) is 0 Å². The molecule has 2 N–H and O–H groups in total. The molecule has 27 heavy (non-hydrogen) atoms. The van der Waals surface area contributed by atoms with E-state index < -0.39 is 5.91 Å². The Labute approximate surface area is 160 Å². The van der Waals surface area contributed by atoms with Crippen LogP contribution in [0.3, 0.4) is 0 Å². The van der Waals surface area contributed by atoms with E-state index in [4.69, 9.17) is 21.3 Å². The highest BCUT2D eigenvalue weighted by Crippen LogP contribution is 2.23. The number of halogens is 1. The highest BCUT2D eigenvalue weighted by Gasteiger charge is 2.20. The third kappa shape index (κ3) is 3.85. The summed E-state index contributed by atoms with van der Waals surface area (Å²) in [5.41, 5.74) is 5.23. The van der Waals surface area contributed by atoms with E-state index in [0.29, 0.717) is 28.8 Å². The van der Waals surface area contributed by atoms with Crippen LogP contribution in [0.25, 0.3) is 11.4 Å². The van der Waals surface area contributed by atoms with Gasteiger partial charge in [0.25, 0.3) is 5.91 Å². The summed E-state index contributed by atoms with van der Waals surface area (Å²) in [4.78, 5) is 18.2. The minimum atomic E-state index is -0.499. The minimum absolute atomic E-state index is 0.453. The lowest BCUT2D eigenvalue weighted by atomic mass is 9.97. The third-order valence-electron chi connectivity index (χ3n) is 4.59. The molecule has 2 heterocycles. The van der Waals surface area contributed by atoms with Crippen molar-refractivity contribution in [3.05, 3.63) is 70.1 Å². The van der Waals surface area contributed by atoms with Gasteiger partial charge in [-0.3, -0.25) is 14.9 Å². The molecule has 0 aliphatic carbocycles. The zero-order valence-corrected chi connectivity index (χ0v) is 15.1. The summed E-state index contributed by atoms with van der Waals surface area (Å²) < 4.78 is 5.39. The van der Waals surface area contributed by atoms with E-state index in [-0.39, 0.29) is 0 Å². The Bertz CT molecular complexity index is 971. The molecule has 0 unspecified atom stereocenters. The number of amides is 1. The van der Waals surface area contributed by atoms with Gasteiger partial charge >= 0.3 is 0 Å². The molecule has 0 saturated carbocycles. The standard InChI is InChI=1S/C19H17ClN4O3/c20-16-5-3-12(4-6-16)18-21-17(27-23-18)11-24-8-7-13-9-14(19(25)22-26)1-2-15(13)10-24/h1-6,9,26H,7-8,10-11H2,(H,22,25). The van der Waals surface area contributed by atoms with Crippen molar-refractivity contribution in [2.45, 2.75) is 19.5 Å². The number of benzene rings is 2. The fourth-order valence-electron chi connectivity index (χ4n) is 3.18. The topological polar surface area (TPSA) is 91.5 Å². The lowest BCUT2D eigenvalue weighted by molar-refractivity contribution is 0.0706. The average Bonchev–Trinajstić information content (AvgIpc) is 3.16. The fourth-order valence-corrected chi connectivity index (χ4v) is 3.30. The van der Waals surface area contributed by atoms with Gasteiger partial charge in [-0.1, -0.05) is 22.8 Å². The minimum Gasteiger partial charge on any atom is -0.338 e. The predicted octanol–water partition coefficient (Wildman–Crippen LogP) is 3.07. The number of rotatable bonds is 4. The van der Waals surface area contributed by atoms with Crippen molar-refractivity contribution in [2.75, 3.05) is 6.54 Å². The van der Waals surface area contributed by atoms with Gasteiger partial charge in [0.2, 0.25) is 11.7 Å². The molecule has 0 fully saturated rings. The second-order valence-electron chi connectivity index (χ2n) is 6.40. The van der Waals surface area contributed by atoms with Crippen LogP contribution in [-0.4, -0.2) is 32.7 Å². The highest BCUT2D eigenvalue weighted by atomic mass is 35.5. The second kappa shape index (κ2) is 7.48. The summed E-state index contributed by atoms with van der Waals surface area (Å²) in [6.45, 7) is 2.10. The van der Waals surface area contributed by atoms with Crippen LogP contribution in [0.15, 0.2) is 47.0 Å². The van der Waals surface area contributed by atoms with Gasteiger partial charge in [-0.2, -0.15) is 4.98 Å². The molecule has 8 heteroatoms. The zero-order chi connectivity index (χ0) is 18.8. The van der Waals surface area contributed by atoms with Crippen molar-refractivity contribution >= 4 is 17.5 Å². The van der Waals surface area contributed by atoms with E-state index >= 15 is 0 Å². The molecule has 7 nitrogen and oxygen atoms in total. The summed E-state index contributed by atoms with van der Waals surface area (Å²) in [5.74, 6) is 0.597. The molecule has 0 bridgehead atoms. The van der Waals surface area contributed by atoms with Gasteiger partial charge in [-0.05, 0) is 53.9 Å². The number of hydroxylamine groups is 1. The molecular formula is C19H17ClN4O3. The van der Waals surface area contributed by atoms with Gasteiger partial charge in [0, 0.05) is 29.2 Å². The van der Waals surface area contributed by atoms with Gasteiger partial charge in [0.05, 0.1) is 6.54 Å². The van der Waals surface area contributed by atoms with E-state index in [1.807, 2.05) is 24.3 Å².